The summed E-state index contributed by atoms with van der Waals surface area (Å²) in [7, 11) is 1.60. The molecule has 5 nitrogen and oxygen atoms in total. The first-order chi connectivity index (χ1) is 9.06. The van der Waals surface area contributed by atoms with Crippen molar-refractivity contribution in [1.29, 1.82) is 0 Å². The van der Waals surface area contributed by atoms with Crippen LogP contribution in [0.2, 0.25) is 0 Å². The van der Waals surface area contributed by atoms with Gasteiger partial charge in [-0.05, 0) is 24.3 Å². The third kappa shape index (κ3) is 1.94. The number of aromatic nitrogens is 2. The molecule has 1 aliphatic heterocycles. The predicted molar refractivity (Wildman–Crippen MR) is 77.9 cm³/mol. The van der Waals surface area contributed by atoms with Crippen LogP contribution in [0.3, 0.4) is 0 Å². The molecule has 2 heterocycles. The lowest BCUT2D eigenvalue weighted by Crippen LogP contribution is -2.13. The monoisotopic (exact) mass is 319 g/mol. The minimum atomic E-state index is -0.353. The highest BCUT2D eigenvalue weighted by atomic mass is 79.9. The van der Waals surface area contributed by atoms with Gasteiger partial charge in [-0.2, -0.15) is 0 Å². The highest BCUT2D eigenvalue weighted by Crippen LogP contribution is 2.35. The number of rotatable bonds is 1. The molecule has 1 aliphatic rings. The van der Waals surface area contributed by atoms with E-state index in [0.717, 1.165) is 21.3 Å². The molecule has 96 valence electrons. The van der Waals surface area contributed by atoms with Crippen molar-refractivity contribution in [2.75, 3.05) is 0 Å². The molecule has 2 N–H and O–H groups in total. The molecular formula is C13H10BrN3O2. The number of halogens is 1. The molecular weight excluding hydrogens is 310 g/mol. The molecule has 1 aromatic carbocycles. The molecule has 0 saturated carbocycles. The van der Waals surface area contributed by atoms with Crippen LogP contribution in [0.15, 0.2) is 32.5 Å². The summed E-state index contributed by atoms with van der Waals surface area (Å²) in [6, 6.07) is 5.78. The van der Waals surface area contributed by atoms with Gasteiger partial charge in [0.05, 0.1) is 5.69 Å². The van der Waals surface area contributed by atoms with Crippen LogP contribution in [0.4, 0.5) is 5.69 Å². The number of fused-ring (bicyclic) bond motifs is 1. The van der Waals surface area contributed by atoms with Gasteiger partial charge in [-0.25, -0.2) is 4.79 Å². The topological polar surface area (TPSA) is 70.4 Å². The van der Waals surface area contributed by atoms with E-state index >= 15 is 0 Å². The molecule has 19 heavy (non-hydrogen) atoms. The lowest BCUT2D eigenvalue weighted by molar-refractivity contribution is 0.454. The Morgan fingerprint density at radius 3 is 2.95 bits per heavy atom. The SMILES string of the molecule is Cn1c(/C=C2\C=Nc3ccc(Br)cc32)c(O)[nH]c1=O. The standard InChI is InChI=1S/C13H10BrN3O2/c1-17-11(12(18)16-13(17)19)4-7-6-15-10-3-2-8(14)5-9(7)10/h2-6,18H,1H3,(H,16,19)/b7-4+. The number of aromatic hydroxyl groups is 1. The third-order valence-corrected chi connectivity index (χ3v) is 3.53. The highest BCUT2D eigenvalue weighted by molar-refractivity contribution is 9.10. The van der Waals surface area contributed by atoms with E-state index in [1.807, 2.05) is 18.2 Å². The van der Waals surface area contributed by atoms with E-state index in [4.69, 9.17) is 0 Å². The molecule has 0 bridgehead atoms. The van der Waals surface area contributed by atoms with Gasteiger partial charge in [0.2, 0.25) is 5.88 Å². The summed E-state index contributed by atoms with van der Waals surface area (Å²) in [5.74, 6) is -0.142. The van der Waals surface area contributed by atoms with Gasteiger partial charge in [-0.15, -0.1) is 0 Å². The first-order valence-electron chi connectivity index (χ1n) is 5.60. The Labute approximate surface area is 117 Å². The van der Waals surface area contributed by atoms with E-state index < -0.39 is 0 Å². The number of benzene rings is 1. The van der Waals surface area contributed by atoms with Crippen molar-refractivity contribution in [3.63, 3.8) is 0 Å². The van der Waals surface area contributed by atoms with Crippen molar-refractivity contribution in [3.05, 3.63) is 44.4 Å². The van der Waals surface area contributed by atoms with Gasteiger partial charge in [0.15, 0.2) is 0 Å². The quantitative estimate of drug-likeness (QED) is 0.847. The molecule has 0 aliphatic carbocycles. The average molecular weight is 320 g/mol. The summed E-state index contributed by atoms with van der Waals surface area (Å²) in [5, 5.41) is 9.70. The molecule has 6 heteroatoms. The Morgan fingerprint density at radius 2 is 2.26 bits per heavy atom. The molecule has 0 spiro atoms. The highest BCUT2D eigenvalue weighted by Gasteiger charge is 2.15. The Hall–Kier alpha value is -2.08. The second-order valence-corrected chi connectivity index (χ2v) is 5.16. The van der Waals surface area contributed by atoms with Crippen LogP contribution < -0.4 is 5.69 Å². The van der Waals surface area contributed by atoms with E-state index in [0.29, 0.717) is 5.69 Å². The van der Waals surface area contributed by atoms with Crippen LogP contribution in [-0.4, -0.2) is 20.9 Å². The fourth-order valence-electron chi connectivity index (χ4n) is 2.01. The van der Waals surface area contributed by atoms with Crippen molar-refractivity contribution in [2.24, 2.45) is 12.0 Å². The van der Waals surface area contributed by atoms with Gasteiger partial charge in [0, 0.05) is 28.9 Å². The van der Waals surface area contributed by atoms with E-state index in [-0.39, 0.29) is 11.6 Å². The third-order valence-electron chi connectivity index (χ3n) is 3.04. The maximum Gasteiger partial charge on any atom is 0.328 e. The fraction of sp³-hybridized carbons (Fsp3) is 0.0769. The summed E-state index contributed by atoms with van der Waals surface area (Å²) in [4.78, 5) is 18.1. The smallest absolute Gasteiger partial charge is 0.328 e. The number of aliphatic imine (C=N–C) groups is 1. The zero-order valence-corrected chi connectivity index (χ0v) is 11.6. The normalized spacial score (nSPS) is 15.2. The summed E-state index contributed by atoms with van der Waals surface area (Å²) >= 11 is 3.42. The summed E-state index contributed by atoms with van der Waals surface area (Å²) in [6.07, 6.45) is 3.45. The van der Waals surface area contributed by atoms with Crippen LogP contribution in [0.25, 0.3) is 11.6 Å². The van der Waals surface area contributed by atoms with Gasteiger partial charge < -0.3 is 5.11 Å². The van der Waals surface area contributed by atoms with E-state index in [9.17, 15) is 9.90 Å². The number of H-pyrrole nitrogens is 1. The van der Waals surface area contributed by atoms with Gasteiger partial charge in [0.25, 0.3) is 0 Å². The molecule has 0 radical (unpaired) electrons. The maximum absolute atomic E-state index is 11.4. The second kappa shape index (κ2) is 4.24. The number of imidazole rings is 1. The van der Waals surface area contributed by atoms with Gasteiger partial charge in [-0.3, -0.25) is 14.5 Å². The molecule has 0 atom stereocenters. The molecule has 0 saturated heterocycles. The number of allylic oxidation sites excluding steroid dienone is 1. The number of hydrogen-bond acceptors (Lipinski definition) is 3. The molecule has 0 amide bonds. The Kier molecular flexibility index (Phi) is 2.67. The fourth-order valence-corrected chi connectivity index (χ4v) is 2.37. The Morgan fingerprint density at radius 1 is 1.47 bits per heavy atom. The Bertz CT molecular complexity index is 784. The zero-order valence-electron chi connectivity index (χ0n) is 10.0. The average Bonchev–Trinajstić information content (AvgIpc) is 2.86. The van der Waals surface area contributed by atoms with E-state index in [2.05, 4.69) is 25.9 Å². The van der Waals surface area contributed by atoms with Crippen LogP contribution in [0, 0.1) is 0 Å². The number of nitrogens with one attached hydrogen (secondary N) is 1. The van der Waals surface area contributed by atoms with E-state index in [1.165, 1.54) is 4.57 Å². The predicted octanol–water partition coefficient (Wildman–Crippen LogP) is 2.44. The van der Waals surface area contributed by atoms with Crippen molar-refractivity contribution >= 4 is 39.5 Å². The first kappa shape index (κ1) is 12.0. The van der Waals surface area contributed by atoms with Gasteiger partial charge in [0.1, 0.15) is 5.69 Å². The summed E-state index contributed by atoms with van der Waals surface area (Å²) in [5.41, 5.74) is 2.76. The molecule has 0 unspecified atom stereocenters. The van der Waals surface area contributed by atoms with Crippen molar-refractivity contribution in [1.82, 2.24) is 9.55 Å². The largest absolute Gasteiger partial charge is 0.493 e. The Balaban J connectivity index is 2.16. The summed E-state index contributed by atoms with van der Waals surface area (Å²) in [6.45, 7) is 0. The number of hydrogen-bond donors (Lipinski definition) is 2. The summed E-state index contributed by atoms with van der Waals surface area (Å²) < 4.78 is 2.31. The van der Waals surface area contributed by atoms with Crippen LogP contribution in [0.5, 0.6) is 5.88 Å². The van der Waals surface area contributed by atoms with Crippen molar-refractivity contribution < 1.29 is 5.11 Å². The zero-order chi connectivity index (χ0) is 13.6. The van der Waals surface area contributed by atoms with Gasteiger partial charge >= 0.3 is 5.69 Å². The molecule has 3 rings (SSSR count). The van der Waals surface area contributed by atoms with Crippen LogP contribution in [0.1, 0.15) is 11.3 Å². The second-order valence-electron chi connectivity index (χ2n) is 4.24. The minimum Gasteiger partial charge on any atom is -0.493 e. The molecule has 0 fully saturated rings. The maximum atomic E-state index is 11.4. The first-order valence-corrected chi connectivity index (χ1v) is 6.39. The lowest BCUT2D eigenvalue weighted by atomic mass is 10.1. The van der Waals surface area contributed by atoms with E-state index in [1.54, 1.807) is 19.3 Å². The van der Waals surface area contributed by atoms with Crippen molar-refractivity contribution in [3.8, 4) is 5.88 Å². The van der Waals surface area contributed by atoms with Crippen LogP contribution in [-0.2, 0) is 7.05 Å². The minimum absolute atomic E-state index is 0.142. The number of aromatic amines is 1. The van der Waals surface area contributed by atoms with Crippen molar-refractivity contribution in [2.45, 2.75) is 0 Å². The molecule has 1 aromatic heterocycles. The van der Waals surface area contributed by atoms with Crippen LogP contribution >= 0.6 is 15.9 Å². The molecule has 2 aromatic rings. The number of nitrogens with zero attached hydrogens (tertiary/aromatic N) is 2. The van der Waals surface area contributed by atoms with Gasteiger partial charge in [-0.1, -0.05) is 15.9 Å². The lowest BCUT2D eigenvalue weighted by Gasteiger charge is -2.01.